The molecule has 2 aliphatic rings. The van der Waals surface area contributed by atoms with Gasteiger partial charge in [0.1, 0.15) is 35.6 Å². The quantitative estimate of drug-likeness (QED) is 0.403. The molecule has 1 aliphatic heterocycles. The molecule has 27 heavy (non-hydrogen) atoms. The molecular weight excluding hydrogens is 356 g/mol. The Labute approximate surface area is 159 Å². The highest BCUT2D eigenvalue weighted by Crippen LogP contribution is 2.52. The Bertz CT molecular complexity index is 574. The first-order chi connectivity index (χ1) is 12.4. The van der Waals surface area contributed by atoms with Crippen molar-refractivity contribution in [2.45, 2.75) is 88.9 Å². The van der Waals surface area contributed by atoms with E-state index in [4.69, 9.17) is 9.47 Å². The predicted molar refractivity (Wildman–Crippen MR) is 95.7 cm³/mol. The molecule has 0 radical (unpaired) electrons. The Morgan fingerprint density at radius 1 is 1.15 bits per heavy atom. The summed E-state index contributed by atoms with van der Waals surface area (Å²) in [6, 6.07) is 0. The number of hydrogen-bond acceptors (Lipinski definition) is 8. The maximum Gasteiger partial charge on any atom is 0.187 e. The molecule has 1 aliphatic carbocycles. The van der Waals surface area contributed by atoms with Crippen LogP contribution in [0.25, 0.3) is 0 Å². The van der Waals surface area contributed by atoms with Crippen LogP contribution in [-0.4, -0.2) is 79.8 Å². The van der Waals surface area contributed by atoms with Gasteiger partial charge in [0.05, 0.1) is 6.61 Å². The summed E-state index contributed by atoms with van der Waals surface area (Å²) in [5.74, 6) is -0.222. The van der Waals surface area contributed by atoms with E-state index in [0.717, 1.165) is 6.42 Å². The fourth-order valence-corrected chi connectivity index (χ4v) is 4.17. The summed E-state index contributed by atoms with van der Waals surface area (Å²) in [6.07, 6.45) is -2.52. The van der Waals surface area contributed by atoms with Crippen molar-refractivity contribution in [2.75, 3.05) is 6.61 Å². The van der Waals surface area contributed by atoms with E-state index in [0.29, 0.717) is 12.8 Å². The van der Waals surface area contributed by atoms with Gasteiger partial charge in [-0.3, -0.25) is 4.79 Å². The zero-order valence-electron chi connectivity index (χ0n) is 16.3. The lowest BCUT2D eigenvalue weighted by molar-refractivity contribution is -0.352. The van der Waals surface area contributed by atoms with E-state index in [2.05, 4.69) is 0 Å². The number of aliphatic hydroxyl groups excluding tert-OH is 4. The lowest BCUT2D eigenvalue weighted by atomic mass is 9.58. The molecule has 2 rings (SSSR count). The molecule has 0 aromatic heterocycles. The predicted octanol–water partition coefficient (Wildman–Crippen LogP) is -0.352. The maximum atomic E-state index is 11.6. The Morgan fingerprint density at radius 2 is 1.78 bits per heavy atom. The molecule has 1 heterocycles. The highest BCUT2D eigenvalue weighted by molar-refractivity contribution is 5.87. The van der Waals surface area contributed by atoms with Crippen LogP contribution in [0.4, 0.5) is 0 Å². The van der Waals surface area contributed by atoms with E-state index in [9.17, 15) is 30.3 Å². The minimum Gasteiger partial charge on any atom is -0.394 e. The molecular formula is C19H32O8. The molecule has 7 atom stereocenters. The molecule has 8 nitrogen and oxygen atoms in total. The van der Waals surface area contributed by atoms with Crippen molar-refractivity contribution in [3.63, 3.8) is 0 Å². The second kappa shape index (κ2) is 7.87. The first-order valence-corrected chi connectivity index (χ1v) is 9.29. The van der Waals surface area contributed by atoms with Gasteiger partial charge in [-0.2, -0.15) is 0 Å². The van der Waals surface area contributed by atoms with E-state index >= 15 is 0 Å². The average molecular weight is 388 g/mol. The maximum absolute atomic E-state index is 11.6. The highest BCUT2D eigenvalue weighted by atomic mass is 16.7. The summed E-state index contributed by atoms with van der Waals surface area (Å²) in [7, 11) is 0. The van der Waals surface area contributed by atoms with Crippen molar-refractivity contribution in [3.8, 4) is 0 Å². The van der Waals surface area contributed by atoms with Crippen molar-refractivity contribution in [2.24, 2.45) is 5.41 Å². The summed E-state index contributed by atoms with van der Waals surface area (Å²) in [4.78, 5) is 11.5. The van der Waals surface area contributed by atoms with Gasteiger partial charge in [0, 0.05) is 0 Å². The summed E-state index contributed by atoms with van der Waals surface area (Å²) in [5, 5.41) is 51.1. The molecule has 5 N–H and O–H groups in total. The number of allylic oxidation sites excluding steroid dienone is 1. The second-order valence-electron chi connectivity index (χ2n) is 8.49. The molecule has 8 heteroatoms. The molecule has 0 aromatic rings. The fourth-order valence-electron chi connectivity index (χ4n) is 4.17. The van der Waals surface area contributed by atoms with Crippen LogP contribution in [0.15, 0.2) is 12.2 Å². The summed E-state index contributed by atoms with van der Waals surface area (Å²) < 4.78 is 11.5. The number of hydrogen-bond donors (Lipinski definition) is 5. The molecule has 0 aromatic carbocycles. The zero-order valence-corrected chi connectivity index (χ0v) is 16.3. The minimum absolute atomic E-state index is 0.222. The van der Waals surface area contributed by atoms with Gasteiger partial charge in [-0.1, -0.05) is 13.8 Å². The van der Waals surface area contributed by atoms with Crippen molar-refractivity contribution in [1.82, 2.24) is 0 Å². The van der Waals surface area contributed by atoms with Gasteiger partial charge in [0.2, 0.25) is 0 Å². The number of carbonyl (C=O) groups excluding carboxylic acids is 1. The van der Waals surface area contributed by atoms with Gasteiger partial charge in [0.15, 0.2) is 12.1 Å². The summed E-state index contributed by atoms with van der Waals surface area (Å²) in [5.41, 5.74) is -3.43. The number of aliphatic hydroxyl groups is 5. The average Bonchev–Trinajstić information content (AvgIpc) is 2.58. The SMILES string of the molecule is CC(=O)/C=C/[C@@]1(O)C(C)(C)CCC[C@@]1(C)O[C@@H]1O[C@H](CO)[C@H](O)[C@@H](O)[C@H]1O. The normalized spacial score (nSPS) is 45.1. The molecule has 0 spiro atoms. The van der Waals surface area contributed by atoms with Crippen molar-refractivity contribution in [1.29, 1.82) is 0 Å². The van der Waals surface area contributed by atoms with Crippen molar-refractivity contribution >= 4 is 5.78 Å². The van der Waals surface area contributed by atoms with Gasteiger partial charge in [-0.05, 0) is 50.7 Å². The monoisotopic (exact) mass is 388 g/mol. The molecule has 2 fully saturated rings. The van der Waals surface area contributed by atoms with E-state index in [1.54, 1.807) is 6.92 Å². The third-order valence-corrected chi connectivity index (χ3v) is 6.08. The van der Waals surface area contributed by atoms with Crippen LogP contribution in [0.5, 0.6) is 0 Å². The van der Waals surface area contributed by atoms with Crippen LogP contribution in [0, 0.1) is 5.41 Å². The lowest BCUT2D eigenvalue weighted by Gasteiger charge is -2.57. The number of ether oxygens (including phenoxy) is 2. The molecule has 0 bridgehead atoms. The van der Waals surface area contributed by atoms with Gasteiger partial charge in [0.25, 0.3) is 0 Å². The first kappa shape index (κ1) is 22.4. The third-order valence-electron chi connectivity index (χ3n) is 6.08. The van der Waals surface area contributed by atoms with Crippen LogP contribution in [0.3, 0.4) is 0 Å². The number of carbonyl (C=O) groups is 1. The highest BCUT2D eigenvalue weighted by Gasteiger charge is 2.60. The summed E-state index contributed by atoms with van der Waals surface area (Å²) >= 11 is 0. The van der Waals surface area contributed by atoms with Gasteiger partial charge >= 0.3 is 0 Å². The minimum atomic E-state index is -1.57. The largest absolute Gasteiger partial charge is 0.394 e. The van der Waals surface area contributed by atoms with E-state index in [1.165, 1.54) is 19.1 Å². The smallest absolute Gasteiger partial charge is 0.187 e. The third kappa shape index (κ3) is 3.98. The molecule has 0 unspecified atom stereocenters. The molecule has 1 saturated heterocycles. The van der Waals surface area contributed by atoms with Crippen molar-refractivity contribution in [3.05, 3.63) is 12.2 Å². The topological polar surface area (TPSA) is 137 Å². The fraction of sp³-hybridized carbons (Fsp3) is 0.842. The van der Waals surface area contributed by atoms with Crippen LogP contribution in [-0.2, 0) is 14.3 Å². The Balaban J connectivity index is 2.36. The first-order valence-electron chi connectivity index (χ1n) is 9.29. The van der Waals surface area contributed by atoms with Crippen molar-refractivity contribution < 1.29 is 39.8 Å². The molecule has 1 saturated carbocycles. The van der Waals surface area contributed by atoms with Crippen LogP contribution >= 0.6 is 0 Å². The Morgan fingerprint density at radius 3 is 2.33 bits per heavy atom. The number of ketones is 1. The van der Waals surface area contributed by atoms with E-state index < -0.39 is 53.9 Å². The van der Waals surface area contributed by atoms with Crippen LogP contribution in [0.1, 0.15) is 47.0 Å². The van der Waals surface area contributed by atoms with Gasteiger partial charge < -0.3 is 35.0 Å². The summed E-state index contributed by atoms with van der Waals surface area (Å²) in [6.45, 7) is 6.21. The zero-order chi connectivity index (χ0) is 20.6. The van der Waals surface area contributed by atoms with E-state index in [1.807, 2.05) is 13.8 Å². The van der Waals surface area contributed by atoms with Gasteiger partial charge in [-0.25, -0.2) is 0 Å². The van der Waals surface area contributed by atoms with Crippen LogP contribution in [0.2, 0.25) is 0 Å². The van der Waals surface area contributed by atoms with E-state index in [-0.39, 0.29) is 5.78 Å². The second-order valence-corrected chi connectivity index (χ2v) is 8.49. The lowest BCUT2D eigenvalue weighted by Crippen LogP contribution is -2.67. The molecule has 0 amide bonds. The number of rotatable bonds is 5. The van der Waals surface area contributed by atoms with Gasteiger partial charge in [-0.15, -0.1) is 0 Å². The van der Waals surface area contributed by atoms with Crippen LogP contribution < -0.4 is 0 Å². The Hall–Kier alpha value is -0.870. The molecule has 156 valence electrons. The Kier molecular flexibility index (Phi) is 6.53. The standard InChI is InChI=1S/C19H32O8/c1-11(21)6-9-19(25)17(2,3)7-5-8-18(19,4)27-16-15(24)14(23)13(22)12(10-20)26-16/h6,9,12-16,20,22-25H,5,7-8,10H2,1-4H3/b9-6+/t12-,13+,14-,15-,16+,18-,19-/m1/s1.